The Kier molecular flexibility index (Phi) is 46.9. The summed E-state index contributed by atoms with van der Waals surface area (Å²) in [6, 6.07) is 0. The van der Waals surface area contributed by atoms with Crippen molar-refractivity contribution in [1.29, 1.82) is 0 Å². The van der Waals surface area contributed by atoms with E-state index in [2.05, 4.69) is 86.8 Å². The van der Waals surface area contributed by atoms with Crippen LogP contribution < -0.4 is 4.89 Å². The van der Waals surface area contributed by atoms with Crippen LogP contribution in [-0.4, -0.2) is 70.7 Å². The van der Waals surface area contributed by atoms with Gasteiger partial charge in [-0.3, -0.25) is 9.36 Å². The molecule has 0 saturated carbocycles. The van der Waals surface area contributed by atoms with E-state index in [1.165, 1.54) is 128 Å². The second-order valence-electron chi connectivity index (χ2n) is 18.9. The Morgan fingerprint density at radius 1 is 0.492 bits per heavy atom. The Morgan fingerprint density at radius 3 is 1.35 bits per heavy atom. The number of phosphoric ester groups is 1. The van der Waals surface area contributed by atoms with Gasteiger partial charge in [0.05, 0.1) is 34.4 Å². The molecule has 378 valence electrons. The average Bonchev–Trinajstić information content (AvgIpc) is 3.27. The summed E-state index contributed by atoms with van der Waals surface area (Å²) in [5, 5.41) is 0. The van der Waals surface area contributed by atoms with E-state index < -0.39 is 13.9 Å². The van der Waals surface area contributed by atoms with Crippen molar-refractivity contribution in [3.05, 3.63) is 72.9 Å². The monoisotopic (exact) mass is 932 g/mol. The van der Waals surface area contributed by atoms with Gasteiger partial charge in [0.1, 0.15) is 19.3 Å². The maximum atomic E-state index is 12.7. The minimum absolute atomic E-state index is 0.0165. The number of likely N-dealkylation sites (N-methyl/N-ethyl adjacent to an activating group) is 1. The Labute approximate surface area is 402 Å². The summed E-state index contributed by atoms with van der Waals surface area (Å²) in [4.78, 5) is 25.2. The van der Waals surface area contributed by atoms with Crippen LogP contribution in [0.15, 0.2) is 72.9 Å². The summed E-state index contributed by atoms with van der Waals surface area (Å²) < 4.78 is 34.7. The summed E-state index contributed by atoms with van der Waals surface area (Å²) in [7, 11) is 1.33. The highest BCUT2D eigenvalue weighted by molar-refractivity contribution is 7.45. The number of unbranched alkanes of at least 4 members (excludes halogenated alkanes) is 23. The van der Waals surface area contributed by atoms with Crippen molar-refractivity contribution in [3.8, 4) is 0 Å². The van der Waals surface area contributed by atoms with Gasteiger partial charge in [0, 0.05) is 13.0 Å². The molecule has 8 nitrogen and oxygen atoms in total. The summed E-state index contributed by atoms with van der Waals surface area (Å²) in [6.45, 7) is 5.26. The number of phosphoric acid groups is 1. The van der Waals surface area contributed by atoms with Crippen LogP contribution in [0, 0.1) is 0 Å². The van der Waals surface area contributed by atoms with Gasteiger partial charge in [0.2, 0.25) is 0 Å². The number of nitrogens with zero attached hydrogens (tertiary/aromatic N) is 1. The predicted octanol–water partition coefficient (Wildman–Crippen LogP) is 16.0. The molecule has 65 heavy (non-hydrogen) atoms. The van der Waals surface area contributed by atoms with E-state index in [9.17, 15) is 14.3 Å². The number of hydrogen-bond acceptors (Lipinski definition) is 7. The van der Waals surface area contributed by atoms with Crippen LogP contribution in [0.4, 0.5) is 0 Å². The van der Waals surface area contributed by atoms with Crippen LogP contribution in [0.25, 0.3) is 0 Å². The van der Waals surface area contributed by atoms with Gasteiger partial charge in [0.15, 0.2) is 0 Å². The molecule has 0 bridgehead atoms. The van der Waals surface area contributed by atoms with Crippen molar-refractivity contribution in [2.24, 2.45) is 0 Å². The summed E-state index contributed by atoms with van der Waals surface area (Å²) in [6.07, 6.45) is 63.7. The normalized spacial score (nSPS) is 14.1. The number of rotatable bonds is 49. The number of hydrogen-bond donors (Lipinski definition) is 0. The Bertz CT molecular complexity index is 1270. The van der Waals surface area contributed by atoms with Gasteiger partial charge >= 0.3 is 5.97 Å². The number of esters is 1. The smallest absolute Gasteiger partial charge is 0.306 e. The number of allylic oxidation sites excluding steroid dienone is 12. The maximum absolute atomic E-state index is 12.7. The molecule has 0 N–H and O–H groups in total. The third-order valence-electron chi connectivity index (χ3n) is 11.2. The highest BCUT2D eigenvalue weighted by atomic mass is 31.2. The lowest BCUT2D eigenvalue weighted by molar-refractivity contribution is -0.870. The van der Waals surface area contributed by atoms with Gasteiger partial charge in [-0.1, -0.05) is 202 Å². The first kappa shape index (κ1) is 62.9. The van der Waals surface area contributed by atoms with Crippen LogP contribution in [0.1, 0.15) is 219 Å². The molecule has 0 amide bonds. The van der Waals surface area contributed by atoms with E-state index in [4.69, 9.17) is 18.5 Å². The van der Waals surface area contributed by atoms with Gasteiger partial charge in [-0.15, -0.1) is 0 Å². The van der Waals surface area contributed by atoms with Crippen molar-refractivity contribution in [2.75, 3.05) is 54.1 Å². The fourth-order valence-electron chi connectivity index (χ4n) is 7.16. The van der Waals surface area contributed by atoms with Crippen molar-refractivity contribution < 1.29 is 37.3 Å². The van der Waals surface area contributed by atoms with Crippen molar-refractivity contribution >= 4 is 13.8 Å². The molecule has 0 aromatic heterocycles. The molecule has 0 radical (unpaired) electrons. The minimum Gasteiger partial charge on any atom is -0.756 e. The molecule has 2 atom stereocenters. The molecule has 0 heterocycles. The molecule has 0 aromatic carbocycles. The Hall–Kier alpha value is -2.06. The topological polar surface area (TPSA) is 94.1 Å². The first-order valence-corrected chi connectivity index (χ1v) is 28.1. The zero-order valence-corrected chi connectivity index (χ0v) is 43.8. The average molecular weight is 932 g/mol. The van der Waals surface area contributed by atoms with E-state index >= 15 is 0 Å². The summed E-state index contributed by atoms with van der Waals surface area (Å²) in [5.74, 6) is -0.365. The van der Waals surface area contributed by atoms with Gasteiger partial charge in [-0.2, -0.15) is 0 Å². The van der Waals surface area contributed by atoms with Gasteiger partial charge in [-0.05, 0) is 83.5 Å². The minimum atomic E-state index is -4.55. The van der Waals surface area contributed by atoms with Gasteiger partial charge in [0.25, 0.3) is 7.82 Å². The number of carbonyl (C=O) groups is 1. The lowest BCUT2D eigenvalue weighted by Gasteiger charge is -2.28. The molecular formula is C56H102NO7P. The van der Waals surface area contributed by atoms with Crippen LogP contribution in [0.5, 0.6) is 0 Å². The lowest BCUT2D eigenvalue weighted by Crippen LogP contribution is -2.37. The fraction of sp³-hybridized carbons (Fsp3) is 0.768. The number of quaternary nitrogens is 1. The molecule has 0 aliphatic carbocycles. The van der Waals surface area contributed by atoms with Gasteiger partial charge in [-0.25, -0.2) is 0 Å². The molecular weight excluding hydrogens is 830 g/mol. The Balaban J connectivity index is 4.16. The van der Waals surface area contributed by atoms with Crippen LogP contribution in [0.2, 0.25) is 0 Å². The van der Waals surface area contributed by atoms with Crippen LogP contribution in [0.3, 0.4) is 0 Å². The fourth-order valence-corrected chi connectivity index (χ4v) is 7.89. The van der Waals surface area contributed by atoms with E-state index in [0.29, 0.717) is 24.1 Å². The predicted molar refractivity (Wildman–Crippen MR) is 277 cm³/mol. The van der Waals surface area contributed by atoms with E-state index in [1.54, 1.807) is 0 Å². The van der Waals surface area contributed by atoms with Gasteiger partial charge < -0.3 is 27.9 Å². The second-order valence-corrected chi connectivity index (χ2v) is 20.3. The molecule has 9 heteroatoms. The molecule has 2 unspecified atom stereocenters. The molecule has 0 spiro atoms. The SMILES string of the molecule is CC/C=C\C/C=C\C/C=C\C/C=C\C/C=C\CCCCCC(=O)OC(COCCCCCCCCCCCCCC/C=C\CCCCCCCCCC)COP(=O)([O-])OCC[N+](C)(C)C. The van der Waals surface area contributed by atoms with E-state index in [0.717, 1.165) is 64.2 Å². The van der Waals surface area contributed by atoms with Crippen molar-refractivity contribution in [3.63, 3.8) is 0 Å². The largest absolute Gasteiger partial charge is 0.756 e. The highest BCUT2D eigenvalue weighted by Crippen LogP contribution is 2.38. The number of ether oxygens (including phenoxy) is 2. The first-order chi connectivity index (χ1) is 31.6. The summed E-state index contributed by atoms with van der Waals surface area (Å²) >= 11 is 0. The lowest BCUT2D eigenvalue weighted by atomic mass is 10.0. The molecule has 0 fully saturated rings. The highest BCUT2D eigenvalue weighted by Gasteiger charge is 2.20. The van der Waals surface area contributed by atoms with Crippen LogP contribution >= 0.6 is 7.82 Å². The zero-order chi connectivity index (χ0) is 47.6. The standard InChI is InChI=1S/C56H102NO7P/c1-6-8-10-12-14-16-18-20-22-24-26-27-28-29-30-32-34-36-38-40-42-44-46-48-51-61-53-55(54-63-65(59,60)62-52-50-57(3,4)5)64-56(58)49-47-45-43-41-39-37-35-33-31-25-23-21-19-17-15-13-11-9-7-2/h9,11,15,17,21,23-24,26,31,33,37,39,55H,6-8,10,12-14,16,18-20,22,25,27-30,32,34-36,38,40-54H2,1-5H3/b11-9-,17-15-,23-21-,26-24-,33-31-,39-37-. The Morgan fingerprint density at radius 2 is 0.892 bits per heavy atom. The maximum Gasteiger partial charge on any atom is 0.306 e. The molecule has 0 rings (SSSR count). The van der Waals surface area contributed by atoms with E-state index in [1.807, 2.05) is 21.1 Å². The molecule has 0 aliphatic rings. The second kappa shape index (κ2) is 48.4. The van der Waals surface area contributed by atoms with Crippen molar-refractivity contribution in [2.45, 2.75) is 225 Å². The number of carbonyl (C=O) groups excluding carboxylic acids is 1. The molecule has 0 saturated heterocycles. The van der Waals surface area contributed by atoms with Crippen LogP contribution in [-0.2, 0) is 27.9 Å². The van der Waals surface area contributed by atoms with Crippen molar-refractivity contribution in [1.82, 2.24) is 0 Å². The molecule has 0 aliphatic heterocycles. The quantitative estimate of drug-likeness (QED) is 0.0197. The third kappa shape index (κ3) is 52.8. The first-order valence-electron chi connectivity index (χ1n) is 26.7. The summed E-state index contributed by atoms with van der Waals surface area (Å²) in [5.41, 5.74) is 0. The zero-order valence-electron chi connectivity index (χ0n) is 42.9. The van der Waals surface area contributed by atoms with E-state index in [-0.39, 0.29) is 32.2 Å². The third-order valence-corrected chi connectivity index (χ3v) is 12.2. The molecule has 0 aromatic rings.